The molecule has 2 aromatic carbocycles. The van der Waals surface area contributed by atoms with Crippen molar-refractivity contribution in [1.82, 2.24) is 0 Å². The van der Waals surface area contributed by atoms with Gasteiger partial charge in [-0.2, -0.15) is 0 Å². The zero-order valence-corrected chi connectivity index (χ0v) is 13.2. The van der Waals surface area contributed by atoms with Gasteiger partial charge in [0.25, 0.3) is 5.91 Å². The van der Waals surface area contributed by atoms with E-state index in [1.54, 1.807) is 24.3 Å². The maximum absolute atomic E-state index is 12.1. The summed E-state index contributed by atoms with van der Waals surface area (Å²) in [6.45, 7) is 0. The normalized spacial score (nSPS) is 19.1. The molecular weight excluding hydrogens is 329 g/mol. The topological polar surface area (TPSA) is 29.1 Å². The third kappa shape index (κ3) is 3.18. The average molecular weight is 341 g/mol. The predicted octanol–water partition coefficient (Wildman–Crippen LogP) is 5.25. The van der Waals surface area contributed by atoms with Crippen molar-refractivity contribution in [2.45, 2.75) is 16.7 Å². The van der Waals surface area contributed by atoms with Crippen molar-refractivity contribution in [1.29, 1.82) is 0 Å². The largest absolute Gasteiger partial charge is 0.322 e. The van der Waals surface area contributed by atoms with Gasteiger partial charge >= 0.3 is 0 Å². The molecule has 0 aliphatic heterocycles. The predicted molar refractivity (Wildman–Crippen MR) is 87.6 cm³/mol. The van der Waals surface area contributed by atoms with Crippen LogP contribution in [0.25, 0.3) is 0 Å². The minimum Gasteiger partial charge on any atom is -0.322 e. The molecule has 21 heavy (non-hydrogen) atoms. The second-order valence-corrected chi connectivity index (χ2v) is 7.02. The lowest BCUT2D eigenvalue weighted by Crippen LogP contribution is -2.12. The second-order valence-electron chi connectivity index (χ2n) is 5.07. The first-order valence-corrected chi connectivity index (χ1v) is 7.64. The Bertz CT molecular complexity index is 682. The highest BCUT2D eigenvalue weighted by atomic mass is 35.5. The maximum atomic E-state index is 12.1. The van der Waals surface area contributed by atoms with E-state index in [0.29, 0.717) is 16.3 Å². The van der Waals surface area contributed by atoms with E-state index in [0.717, 1.165) is 12.0 Å². The van der Waals surface area contributed by atoms with Gasteiger partial charge in [-0.15, -0.1) is 23.2 Å². The molecule has 1 atom stereocenters. The Hall–Kier alpha value is -1.22. The van der Waals surface area contributed by atoms with Crippen molar-refractivity contribution in [2.24, 2.45) is 0 Å². The second kappa shape index (κ2) is 5.53. The molecule has 0 aromatic heterocycles. The molecule has 1 fully saturated rings. The van der Waals surface area contributed by atoms with Gasteiger partial charge in [0.2, 0.25) is 0 Å². The van der Waals surface area contributed by atoms with Crippen molar-refractivity contribution in [3.8, 4) is 0 Å². The summed E-state index contributed by atoms with van der Waals surface area (Å²) in [7, 11) is 0. The number of alkyl halides is 2. The lowest BCUT2D eigenvalue weighted by Gasteiger charge is -2.08. The summed E-state index contributed by atoms with van der Waals surface area (Å²) in [4.78, 5) is 12.1. The van der Waals surface area contributed by atoms with E-state index in [4.69, 9.17) is 34.8 Å². The number of carbonyl (C=O) groups is 1. The summed E-state index contributed by atoms with van der Waals surface area (Å²) >= 11 is 18.1. The lowest BCUT2D eigenvalue weighted by atomic mass is 10.1. The highest BCUT2D eigenvalue weighted by Crippen LogP contribution is 2.59. The van der Waals surface area contributed by atoms with Gasteiger partial charge in [-0.05, 0) is 36.2 Å². The molecule has 0 heterocycles. The van der Waals surface area contributed by atoms with Crippen LogP contribution < -0.4 is 5.32 Å². The molecule has 1 amide bonds. The standard InChI is InChI=1S/C16H12Cl3NO/c17-14-4-2-1-3-12(14)15(21)20-11-7-5-10(6-8-11)13-9-16(13,18)19/h1-8,13H,9H2,(H,20,21)/t13-/m0/s1. The van der Waals surface area contributed by atoms with Crippen molar-refractivity contribution in [2.75, 3.05) is 5.32 Å². The van der Waals surface area contributed by atoms with Crippen LogP contribution in [0.2, 0.25) is 5.02 Å². The van der Waals surface area contributed by atoms with Crippen LogP contribution in [-0.2, 0) is 0 Å². The van der Waals surface area contributed by atoms with Gasteiger partial charge in [0.1, 0.15) is 4.33 Å². The minimum atomic E-state index is -0.637. The summed E-state index contributed by atoms with van der Waals surface area (Å²) < 4.78 is -0.637. The van der Waals surface area contributed by atoms with E-state index in [-0.39, 0.29) is 11.8 Å². The van der Waals surface area contributed by atoms with Gasteiger partial charge in [0, 0.05) is 11.6 Å². The smallest absolute Gasteiger partial charge is 0.257 e. The number of nitrogens with one attached hydrogen (secondary N) is 1. The first-order chi connectivity index (χ1) is 9.97. The fourth-order valence-corrected chi connectivity index (χ4v) is 3.00. The van der Waals surface area contributed by atoms with Crippen LogP contribution in [-0.4, -0.2) is 10.2 Å². The molecule has 0 spiro atoms. The maximum Gasteiger partial charge on any atom is 0.257 e. The van der Waals surface area contributed by atoms with Gasteiger partial charge in [-0.3, -0.25) is 4.79 Å². The molecule has 2 aromatic rings. The average Bonchev–Trinajstić information content (AvgIpc) is 3.09. The van der Waals surface area contributed by atoms with Crippen molar-refractivity contribution in [3.63, 3.8) is 0 Å². The fraction of sp³-hybridized carbons (Fsp3) is 0.188. The summed E-state index contributed by atoms with van der Waals surface area (Å²) in [6.07, 6.45) is 0.765. The number of amides is 1. The molecule has 0 bridgehead atoms. The van der Waals surface area contributed by atoms with Crippen LogP contribution in [0.4, 0.5) is 5.69 Å². The molecule has 3 rings (SSSR count). The summed E-state index contributed by atoms with van der Waals surface area (Å²) in [5.41, 5.74) is 2.24. The van der Waals surface area contributed by atoms with Crippen LogP contribution in [0, 0.1) is 0 Å². The Morgan fingerprint density at radius 1 is 1.10 bits per heavy atom. The van der Waals surface area contributed by atoms with Gasteiger partial charge in [0.05, 0.1) is 10.6 Å². The van der Waals surface area contributed by atoms with Crippen LogP contribution in [0.1, 0.15) is 28.3 Å². The number of rotatable bonds is 3. The van der Waals surface area contributed by atoms with Gasteiger partial charge in [-0.1, -0.05) is 35.9 Å². The molecule has 0 radical (unpaired) electrons. The number of hydrogen-bond donors (Lipinski definition) is 1. The van der Waals surface area contributed by atoms with E-state index in [1.165, 1.54) is 0 Å². The zero-order chi connectivity index (χ0) is 15.0. The van der Waals surface area contributed by atoms with Crippen molar-refractivity contribution in [3.05, 3.63) is 64.7 Å². The summed E-state index contributed by atoms with van der Waals surface area (Å²) in [5.74, 6) is -0.0574. The van der Waals surface area contributed by atoms with E-state index < -0.39 is 4.33 Å². The first kappa shape index (κ1) is 14.7. The number of benzene rings is 2. The molecular formula is C16H12Cl3NO. The number of hydrogen-bond acceptors (Lipinski definition) is 1. The molecule has 1 N–H and O–H groups in total. The van der Waals surface area contributed by atoms with E-state index >= 15 is 0 Å². The minimum absolute atomic E-state index is 0.175. The van der Waals surface area contributed by atoms with Crippen molar-refractivity contribution >= 4 is 46.4 Å². The number of halogens is 3. The Morgan fingerprint density at radius 2 is 1.71 bits per heavy atom. The van der Waals surface area contributed by atoms with E-state index in [9.17, 15) is 4.79 Å². The Balaban J connectivity index is 1.71. The van der Waals surface area contributed by atoms with Crippen LogP contribution >= 0.6 is 34.8 Å². The molecule has 1 aliphatic rings. The number of anilines is 1. The monoisotopic (exact) mass is 339 g/mol. The molecule has 5 heteroatoms. The lowest BCUT2D eigenvalue weighted by molar-refractivity contribution is 0.102. The molecule has 1 saturated carbocycles. The Kier molecular flexibility index (Phi) is 3.87. The molecule has 0 saturated heterocycles. The van der Waals surface area contributed by atoms with Gasteiger partial charge in [-0.25, -0.2) is 0 Å². The Morgan fingerprint density at radius 3 is 2.29 bits per heavy atom. The van der Waals surface area contributed by atoms with Gasteiger partial charge in [0.15, 0.2) is 0 Å². The molecule has 1 aliphatic carbocycles. The van der Waals surface area contributed by atoms with Crippen LogP contribution in [0.15, 0.2) is 48.5 Å². The Labute approximate surface area is 138 Å². The SMILES string of the molecule is O=C(Nc1ccc([C@@H]2CC2(Cl)Cl)cc1)c1ccccc1Cl. The van der Waals surface area contributed by atoms with Crippen molar-refractivity contribution < 1.29 is 4.79 Å². The number of carbonyl (C=O) groups excluding carboxylic acids is 1. The summed E-state index contributed by atoms with van der Waals surface area (Å²) in [6, 6.07) is 14.5. The third-order valence-electron chi connectivity index (χ3n) is 3.52. The molecule has 0 unspecified atom stereocenters. The van der Waals surface area contributed by atoms with E-state index in [2.05, 4.69) is 5.32 Å². The first-order valence-electron chi connectivity index (χ1n) is 6.51. The third-order valence-corrected chi connectivity index (χ3v) is 4.68. The highest BCUT2D eigenvalue weighted by Gasteiger charge is 2.52. The quantitative estimate of drug-likeness (QED) is 0.759. The zero-order valence-electron chi connectivity index (χ0n) is 10.9. The van der Waals surface area contributed by atoms with E-state index in [1.807, 2.05) is 24.3 Å². The summed E-state index contributed by atoms with van der Waals surface area (Å²) in [5, 5.41) is 3.25. The van der Waals surface area contributed by atoms with Crippen LogP contribution in [0.3, 0.4) is 0 Å². The highest BCUT2D eigenvalue weighted by molar-refractivity contribution is 6.51. The fourth-order valence-electron chi connectivity index (χ4n) is 2.22. The molecule has 108 valence electrons. The van der Waals surface area contributed by atoms with Crippen LogP contribution in [0.5, 0.6) is 0 Å². The van der Waals surface area contributed by atoms with Gasteiger partial charge < -0.3 is 5.32 Å². The molecule has 2 nitrogen and oxygen atoms in total.